The SMILES string of the molecule is CC1(C)c2cc(-c3ccc4ccccc4c3)ccc2-c2ccc(N(c3cccc(-c4cccc5c4oc4ccccc45)c3)c3ccccc3-c3ccccc3)cc21. The summed E-state index contributed by atoms with van der Waals surface area (Å²) in [5.74, 6) is 0. The van der Waals surface area contributed by atoms with Crippen LogP contribution in [0.4, 0.5) is 17.1 Å². The van der Waals surface area contributed by atoms with E-state index in [-0.39, 0.29) is 5.41 Å². The van der Waals surface area contributed by atoms with E-state index in [0.717, 1.165) is 50.1 Å². The molecule has 0 radical (unpaired) electrons. The Morgan fingerprint density at radius 2 is 1.02 bits per heavy atom. The van der Waals surface area contributed by atoms with Gasteiger partial charge in [0.05, 0.1) is 5.69 Å². The Morgan fingerprint density at radius 1 is 0.386 bits per heavy atom. The molecule has 2 heteroatoms. The fourth-order valence-corrected chi connectivity index (χ4v) is 9.16. The predicted octanol–water partition coefficient (Wildman–Crippen LogP) is 15.5. The third-order valence-corrected chi connectivity index (χ3v) is 12.0. The molecular formula is C55H39NO. The van der Waals surface area contributed by atoms with Crippen molar-refractivity contribution in [1.29, 1.82) is 0 Å². The molecule has 0 N–H and O–H groups in total. The monoisotopic (exact) mass is 729 g/mol. The Labute approximate surface area is 332 Å². The van der Waals surface area contributed by atoms with Crippen LogP contribution in [-0.4, -0.2) is 0 Å². The molecule has 1 aliphatic carbocycles. The summed E-state index contributed by atoms with van der Waals surface area (Å²) >= 11 is 0. The number of nitrogens with zero attached hydrogens (tertiary/aromatic N) is 1. The molecule has 10 aromatic rings. The molecule has 0 saturated heterocycles. The molecule has 0 fully saturated rings. The zero-order chi connectivity index (χ0) is 38.1. The number of anilines is 3. The molecule has 270 valence electrons. The number of rotatable bonds is 6. The van der Waals surface area contributed by atoms with E-state index in [0.29, 0.717) is 0 Å². The van der Waals surface area contributed by atoms with Crippen LogP contribution in [0.3, 0.4) is 0 Å². The van der Waals surface area contributed by atoms with E-state index in [1.807, 2.05) is 6.07 Å². The number of benzene rings is 9. The minimum Gasteiger partial charge on any atom is -0.455 e. The lowest BCUT2D eigenvalue weighted by atomic mass is 9.81. The molecule has 1 aromatic heterocycles. The van der Waals surface area contributed by atoms with Crippen molar-refractivity contribution in [2.24, 2.45) is 0 Å². The predicted molar refractivity (Wildman–Crippen MR) is 240 cm³/mol. The highest BCUT2D eigenvalue weighted by molar-refractivity contribution is 6.09. The molecule has 11 rings (SSSR count). The Hall–Kier alpha value is -7.16. The quantitative estimate of drug-likeness (QED) is 0.169. The lowest BCUT2D eigenvalue weighted by Crippen LogP contribution is -2.17. The van der Waals surface area contributed by atoms with Gasteiger partial charge >= 0.3 is 0 Å². The normalized spacial score (nSPS) is 12.9. The van der Waals surface area contributed by atoms with E-state index in [1.54, 1.807) is 0 Å². The highest BCUT2D eigenvalue weighted by atomic mass is 16.3. The van der Waals surface area contributed by atoms with Gasteiger partial charge in [0.25, 0.3) is 0 Å². The number of hydrogen-bond acceptors (Lipinski definition) is 2. The summed E-state index contributed by atoms with van der Waals surface area (Å²) in [6, 6.07) is 72.7. The van der Waals surface area contributed by atoms with Crippen LogP contribution in [0.5, 0.6) is 0 Å². The lowest BCUT2D eigenvalue weighted by Gasteiger charge is -2.30. The van der Waals surface area contributed by atoms with Crippen molar-refractivity contribution < 1.29 is 4.42 Å². The van der Waals surface area contributed by atoms with E-state index in [9.17, 15) is 0 Å². The van der Waals surface area contributed by atoms with Gasteiger partial charge in [0, 0.05) is 38.7 Å². The van der Waals surface area contributed by atoms with Crippen molar-refractivity contribution in [3.63, 3.8) is 0 Å². The number of fused-ring (bicyclic) bond motifs is 7. The third kappa shape index (κ3) is 5.40. The van der Waals surface area contributed by atoms with Gasteiger partial charge in [-0.3, -0.25) is 0 Å². The maximum atomic E-state index is 6.53. The Morgan fingerprint density at radius 3 is 1.91 bits per heavy atom. The second-order valence-electron chi connectivity index (χ2n) is 15.7. The van der Waals surface area contributed by atoms with Crippen molar-refractivity contribution in [2.75, 3.05) is 4.90 Å². The van der Waals surface area contributed by atoms with Crippen molar-refractivity contribution in [3.8, 4) is 44.5 Å². The van der Waals surface area contributed by atoms with Gasteiger partial charge < -0.3 is 9.32 Å². The maximum absolute atomic E-state index is 6.53. The summed E-state index contributed by atoms with van der Waals surface area (Å²) in [5, 5.41) is 4.79. The maximum Gasteiger partial charge on any atom is 0.143 e. The van der Waals surface area contributed by atoms with E-state index in [1.165, 1.54) is 55.3 Å². The van der Waals surface area contributed by atoms with Crippen LogP contribution in [0.15, 0.2) is 205 Å². The van der Waals surface area contributed by atoms with E-state index >= 15 is 0 Å². The Bertz CT molecular complexity index is 3170. The minimum atomic E-state index is -0.211. The smallest absolute Gasteiger partial charge is 0.143 e. The van der Waals surface area contributed by atoms with E-state index in [2.05, 4.69) is 213 Å². The molecule has 2 nitrogen and oxygen atoms in total. The van der Waals surface area contributed by atoms with Gasteiger partial charge in [0.2, 0.25) is 0 Å². The van der Waals surface area contributed by atoms with Crippen LogP contribution in [0, 0.1) is 0 Å². The summed E-state index contributed by atoms with van der Waals surface area (Å²) in [6.45, 7) is 4.75. The van der Waals surface area contributed by atoms with Crippen LogP contribution in [0.25, 0.3) is 77.2 Å². The fourth-order valence-electron chi connectivity index (χ4n) is 9.16. The molecule has 0 aliphatic heterocycles. The topological polar surface area (TPSA) is 16.4 Å². The van der Waals surface area contributed by atoms with Crippen LogP contribution in [0.1, 0.15) is 25.0 Å². The van der Waals surface area contributed by atoms with Gasteiger partial charge in [-0.2, -0.15) is 0 Å². The van der Waals surface area contributed by atoms with Gasteiger partial charge in [-0.15, -0.1) is 0 Å². The molecule has 0 unspecified atom stereocenters. The highest BCUT2D eigenvalue weighted by Crippen LogP contribution is 2.52. The molecule has 9 aromatic carbocycles. The zero-order valence-electron chi connectivity index (χ0n) is 31.9. The van der Waals surface area contributed by atoms with Gasteiger partial charge in [-0.1, -0.05) is 166 Å². The third-order valence-electron chi connectivity index (χ3n) is 12.0. The molecular weight excluding hydrogens is 691 g/mol. The molecule has 57 heavy (non-hydrogen) atoms. The second-order valence-corrected chi connectivity index (χ2v) is 15.7. The van der Waals surface area contributed by atoms with Crippen molar-refractivity contribution in [1.82, 2.24) is 0 Å². The number of furan rings is 1. The van der Waals surface area contributed by atoms with Crippen LogP contribution >= 0.6 is 0 Å². The van der Waals surface area contributed by atoms with Crippen LogP contribution in [-0.2, 0) is 5.41 Å². The molecule has 1 heterocycles. The fraction of sp³-hybridized carbons (Fsp3) is 0.0545. The molecule has 0 spiro atoms. The molecule has 1 aliphatic rings. The second kappa shape index (κ2) is 13.0. The average molecular weight is 730 g/mol. The first-order chi connectivity index (χ1) is 28.0. The standard InChI is InChI=1S/C55H39NO/c1-55(2)50-34-40(39-27-26-36-14-6-7-17-38(36)32-39)28-30-46(50)47-31-29-43(35-51(47)55)56(52-24-10-8-20-44(52)37-15-4-3-5-16-37)42-19-12-18-41(33-42)45-22-13-23-49-48-21-9-11-25-53(48)57-54(45)49/h3-35H,1-2H3. The molecule has 0 saturated carbocycles. The van der Waals surface area contributed by atoms with Crippen LogP contribution in [0.2, 0.25) is 0 Å². The number of hydrogen-bond donors (Lipinski definition) is 0. The van der Waals surface area contributed by atoms with Gasteiger partial charge in [-0.05, 0) is 104 Å². The number of para-hydroxylation sites is 3. The van der Waals surface area contributed by atoms with Gasteiger partial charge in [-0.25, -0.2) is 0 Å². The van der Waals surface area contributed by atoms with E-state index in [4.69, 9.17) is 4.42 Å². The first-order valence-corrected chi connectivity index (χ1v) is 19.8. The van der Waals surface area contributed by atoms with Crippen molar-refractivity contribution >= 4 is 49.8 Å². The molecule has 0 bridgehead atoms. The first-order valence-electron chi connectivity index (χ1n) is 19.8. The Kier molecular flexibility index (Phi) is 7.55. The van der Waals surface area contributed by atoms with Crippen LogP contribution < -0.4 is 4.90 Å². The van der Waals surface area contributed by atoms with E-state index < -0.39 is 0 Å². The van der Waals surface area contributed by atoms with Crippen molar-refractivity contribution in [2.45, 2.75) is 19.3 Å². The van der Waals surface area contributed by atoms with Gasteiger partial charge in [0.15, 0.2) is 0 Å². The molecule has 0 atom stereocenters. The Balaban J connectivity index is 1.06. The summed E-state index contributed by atoms with van der Waals surface area (Å²) in [5.41, 5.74) is 17.2. The largest absolute Gasteiger partial charge is 0.455 e. The zero-order valence-corrected chi connectivity index (χ0v) is 31.9. The van der Waals surface area contributed by atoms with Gasteiger partial charge in [0.1, 0.15) is 11.2 Å². The lowest BCUT2D eigenvalue weighted by molar-refractivity contribution is 0.660. The summed E-state index contributed by atoms with van der Waals surface area (Å²) in [6.07, 6.45) is 0. The summed E-state index contributed by atoms with van der Waals surface area (Å²) < 4.78 is 6.53. The summed E-state index contributed by atoms with van der Waals surface area (Å²) in [4.78, 5) is 2.43. The van der Waals surface area contributed by atoms with Crippen molar-refractivity contribution in [3.05, 3.63) is 211 Å². The highest BCUT2D eigenvalue weighted by Gasteiger charge is 2.36. The molecule has 0 amide bonds. The average Bonchev–Trinajstić information content (AvgIpc) is 3.76. The summed E-state index contributed by atoms with van der Waals surface area (Å²) in [7, 11) is 0. The first kappa shape index (κ1) is 33.2. The minimum absolute atomic E-state index is 0.211.